The van der Waals surface area contributed by atoms with Gasteiger partial charge in [-0.15, -0.1) is 0 Å². The Morgan fingerprint density at radius 2 is 1.95 bits per heavy atom. The van der Waals surface area contributed by atoms with Crippen molar-refractivity contribution in [3.63, 3.8) is 0 Å². The van der Waals surface area contributed by atoms with E-state index in [0.29, 0.717) is 6.04 Å². The average molecular weight is 261 g/mol. The van der Waals surface area contributed by atoms with Crippen LogP contribution in [0.5, 0.6) is 5.75 Å². The second kappa shape index (κ2) is 6.42. The molecular weight excluding hydrogens is 234 g/mol. The number of aryl methyl sites for hydroxylation is 1. The zero-order valence-electron chi connectivity index (χ0n) is 12.8. The molecule has 2 heteroatoms. The first kappa shape index (κ1) is 14.4. The minimum absolute atomic E-state index is 0.446. The molecule has 0 aromatic heterocycles. The maximum atomic E-state index is 5.70. The van der Waals surface area contributed by atoms with Gasteiger partial charge in [-0.1, -0.05) is 31.9 Å². The van der Waals surface area contributed by atoms with E-state index in [9.17, 15) is 0 Å². The van der Waals surface area contributed by atoms with Gasteiger partial charge in [0, 0.05) is 11.6 Å². The first-order valence-corrected chi connectivity index (χ1v) is 7.56. The molecule has 1 N–H and O–H groups in total. The van der Waals surface area contributed by atoms with Crippen molar-refractivity contribution in [1.29, 1.82) is 0 Å². The fourth-order valence-electron chi connectivity index (χ4n) is 3.37. The normalized spacial score (nSPS) is 17.7. The SMILES string of the molecule is CCNC(c1ccc(C)c(C)c1OC)C1CCCC1. The Balaban J connectivity index is 2.37. The number of hydrogen-bond donors (Lipinski definition) is 1. The largest absolute Gasteiger partial charge is 0.496 e. The molecule has 1 fully saturated rings. The van der Waals surface area contributed by atoms with Crippen LogP contribution in [0.4, 0.5) is 0 Å². The van der Waals surface area contributed by atoms with E-state index >= 15 is 0 Å². The predicted octanol–water partition coefficient (Wildman–Crippen LogP) is 4.15. The van der Waals surface area contributed by atoms with Gasteiger partial charge in [-0.25, -0.2) is 0 Å². The van der Waals surface area contributed by atoms with Gasteiger partial charge in [0.2, 0.25) is 0 Å². The minimum atomic E-state index is 0.446. The average Bonchev–Trinajstić information content (AvgIpc) is 2.93. The van der Waals surface area contributed by atoms with Crippen molar-refractivity contribution in [1.82, 2.24) is 5.32 Å². The molecule has 1 aromatic rings. The van der Waals surface area contributed by atoms with E-state index in [1.165, 1.54) is 42.4 Å². The molecule has 0 spiro atoms. The molecule has 0 radical (unpaired) electrons. The second-order valence-electron chi connectivity index (χ2n) is 5.71. The molecule has 0 amide bonds. The zero-order chi connectivity index (χ0) is 13.8. The molecule has 19 heavy (non-hydrogen) atoms. The predicted molar refractivity (Wildman–Crippen MR) is 80.8 cm³/mol. The van der Waals surface area contributed by atoms with Crippen LogP contribution in [0.15, 0.2) is 12.1 Å². The fraction of sp³-hybridized carbons (Fsp3) is 0.647. The van der Waals surface area contributed by atoms with Gasteiger partial charge >= 0.3 is 0 Å². The van der Waals surface area contributed by atoms with Gasteiger partial charge in [0.15, 0.2) is 0 Å². The van der Waals surface area contributed by atoms with E-state index < -0.39 is 0 Å². The van der Waals surface area contributed by atoms with Crippen molar-refractivity contribution in [2.45, 2.75) is 52.5 Å². The third kappa shape index (κ3) is 2.94. The number of nitrogens with one attached hydrogen (secondary N) is 1. The molecule has 0 heterocycles. The van der Waals surface area contributed by atoms with E-state index in [-0.39, 0.29) is 0 Å². The van der Waals surface area contributed by atoms with E-state index in [4.69, 9.17) is 4.74 Å². The molecule has 0 bridgehead atoms. The molecule has 0 aliphatic heterocycles. The monoisotopic (exact) mass is 261 g/mol. The van der Waals surface area contributed by atoms with Gasteiger partial charge in [-0.3, -0.25) is 0 Å². The first-order valence-electron chi connectivity index (χ1n) is 7.56. The van der Waals surface area contributed by atoms with Crippen molar-refractivity contribution in [3.05, 3.63) is 28.8 Å². The van der Waals surface area contributed by atoms with Crippen molar-refractivity contribution < 1.29 is 4.74 Å². The Bertz CT molecular complexity index is 422. The van der Waals surface area contributed by atoms with Crippen LogP contribution in [0.1, 0.15) is 55.3 Å². The number of hydrogen-bond acceptors (Lipinski definition) is 2. The van der Waals surface area contributed by atoms with E-state index in [0.717, 1.165) is 18.2 Å². The maximum Gasteiger partial charge on any atom is 0.126 e. The molecule has 106 valence electrons. The van der Waals surface area contributed by atoms with Gasteiger partial charge in [0.25, 0.3) is 0 Å². The van der Waals surface area contributed by atoms with Gasteiger partial charge in [-0.05, 0) is 50.3 Å². The molecule has 1 aromatic carbocycles. The molecule has 1 atom stereocenters. The van der Waals surface area contributed by atoms with Crippen molar-refractivity contribution in [2.24, 2.45) is 5.92 Å². The van der Waals surface area contributed by atoms with E-state index in [1.807, 2.05) is 0 Å². The summed E-state index contributed by atoms with van der Waals surface area (Å²) in [6.07, 6.45) is 5.43. The quantitative estimate of drug-likeness (QED) is 0.859. The highest BCUT2D eigenvalue weighted by Crippen LogP contribution is 2.40. The van der Waals surface area contributed by atoms with Crippen LogP contribution in [-0.2, 0) is 0 Å². The number of benzene rings is 1. The molecule has 0 saturated heterocycles. The zero-order valence-corrected chi connectivity index (χ0v) is 12.8. The van der Waals surface area contributed by atoms with Crippen LogP contribution < -0.4 is 10.1 Å². The molecule has 1 aliphatic carbocycles. The van der Waals surface area contributed by atoms with E-state index in [1.54, 1.807) is 7.11 Å². The summed E-state index contributed by atoms with van der Waals surface area (Å²) in [6.45, 7) is 7.52. The number of ether oxygens (including phenoxy) is 1. The van der Waals surface area contributed by atoms with Crippen LogP contribution in [0, 0.1) is 19.8 Å². The van der Waals surface area contributed by atoms with Crippen molar-refractivity contribution in [3.8, 4) is 5.75 Å². The van der Waals surface area contributed by atoms with Crippen molar-refractivity contribution in [2.75, 3.05) is 13.7 Å². The second-order valence-corrected chi connectivity index (χ2v) is 5.71. The lowest BCUT2D eigenvalue weighted by Gasteiger charge is -2.27. The molecule has 1 aliphatic rings. The molecule has 2 nitrogen and oxygen atoms in total. The highest BCUT2D eigenvalue weighted by Gasteiger charge is 2.28. The third-order valence-corrected chi connectivity index (χ3v) is 4.54. The number of methoxy groups -OCH3 is 1. The van der Waals surface area contributed by atoms with Gasteiger partial charge < -0.3 is 10.1 Å². The lowest BCUT2D eigenvalue weighted by atomic mass is 9.89. The Morgan fingerprint density at radius 3 is 2.53 bits per heavy atom. The summed E-state index contributed by atoms with van der Waals surface area (Å²) in [6, 6.07) is 4.93. The molecule has 2 rings (SSSR count). The van der Waals surface area contributed by atoms with Gasteiger partial charge in [0.05, 0.1) is 7.11 Å². The van der Waals surface area contributed by atoms with Gasteiger partial charge in [-0.2, -0.15) is 0 Å². The fourth-order valence-corrected chi connectivity index (χ4v) is 3.37. The first-order chi connectivity index (χ1) is 9.19. The summed E-state index contributed by atoms with van der Waals surface area (Å²) < 4.78 is 5.70. The van der Waals surface area contributed by atoms with Crippen molar-refractivity contribution >= 4 is 0 Å². The summed E-state index contributed by atoms with van der Waals surface area (Å²) in [4.78, 5) is 0. The molecule has 1 unspecified atom stereocenters. The highest BCUT2D eigenvalue weighted by atomic mass is 16.5. The maximum absolute atomic E-state index is 5.70. The highest BCUT2D eigenvalue weighted by molar-refractivity contribution is 5.47. The summed E-state index contributed by atoms with van der Waals surface area (Å²) in [5.41, 5.74) is 3.93. The van der Waals surface area contributed by atoms with E-state index in [2.05, 4.69) is 38.2 Å². The minimum Gasteiger partial charge on any atom is -0.496 e. The molecule has 1 saturated carbocycles. The third-order valence-electron chi connectivity index (χ3n) is 4.54. The van der Waals surface area contributed by atoms with Crippen LogP contribution in [0.25, 0.3) is 0 Å². The Hall–Kier alpha value is -1.02. The smallest absolute Gasteiger partial charge is 0.126 e. The standard InChI is InChI=1S/C17H27NO/c1-5-18-16(14-8-6-7-9-14)15-11-10-12(2)13(3)17(15)19-4/h10-11,14,16,18H,5-9H2,1-4H3. The van der Waals surface area contributed by atoms with Gasteiger partial charge in [0.1, 0.15) is 5.75 Å². The lowest BCUT2D eigenvalue weighted by Crippen LogP contribution is -2.27. The summed E-state index contributed by atoms with van der Waals surface area (Å²) >= 11 is 0. The topological polar surface area (TPSA) is 21.3 Å². The lowest BCUT2D eigenvalue weighted by molar-refractivity contribution is 0.348. The summed E-state index contributed by atoms with van der Waals surface area (Å²) in [7, 11) is 1.79. The summed E-state index contributed by atoms with van der Waals surface area (Å²) in [5, 5.41) is 3.68. The van der Waals surface area contributed by atoms with Crippen LogP contribution >= 0.6 is 0 Å². The van der Waals surface area contributed by atoms with Crippen LogP contribution in [0.2, 0.25) is 0 Å². The Labute approximate surface area is 117 Å². The Kier molecular flexibility index (Phi) is 4.87. The van der Waals surface area contributed by atoms with Crippen LogP contribution in [0.3, 0.4) is 0 Å². The summed E-state index contributed by atoms with van der Waals surface area (Å²) in [5.74, 6) is 1.84. The molecular formula is C17H27NO. The van der Waals surface area contributed by atoms with Crippen LogP contribution in [-0.4, -0.2) is 13.7 Å². The Morgan fingerprint density at radius 1 is 1.26 bits per heavy atom. The number of rotatable bonds is 5.